The molecule has 1 amide bonds. The van der Waals surface area contributed by atoms with Gasteiger partial charge in [0.25, 0.3) is 5.91 Å². The van der Waals surface area contributed by atoms with E-state index >= 15 is 0 Å². The molecule has 2 rings (SSSR count). The molecule has 0 fully saturated rings. The predicted molar refractivity (Wildman–Crippen MR) is 160 cm³/mol. The fourth-order valence-corrected chi connectivity index (χ4v) is 3.98. The zero-order valence-corrected chi connectivity index (χ0v) is 24.7. The number of oxime groups is 1. The van der Waals surface area contributed by atoms with Crippen LogP contribution in [0, 0.1) is 17.7 Å². The summed E-state index contributed by atoms with van der Waals surface area (Å²) >= 11 is 0. The fourth-order valence-electron chi connectivity index (χ4n) is 3.98. The predicted octanol–water partition coefficient (Wildman–Crippen LogP) is 6.79. The number of rotatable bonds is 14. The molecule has 0 aliphatic rings. The van der Waals surface area contributed by atoms with Gasteiger partial charge in [-0.2, -0.15) is 0 Å². The minimum absolute atomic E-state index is 0.0292. The van der Waals surface area contributed by atoms with Crippen molar-refractivity contribution >= 4 is 23.2 Å². The highest BCUT2D eigenvalue weighted by Gasteiger charge is 2.17. The summed E-state index contributed by atoms with van der Waals surface area (Å²) in [7, 11) is 3.15. The third-order valence-electron chi connectivity index (χ3n) is 6.39. The van der Waals surface area contributed by atoms with Crippen LogP contribution in [-0.2, 0) is 20.7 Å². The van der Waals surface area contributed by atoms with Crippen LogP contribution >= 0.6 is 0 Å². The number of carbonyl (C=O) groups is 1. The van der Waals surface area contributed by atoms with Crippen molar-refractivity contribution in [3.05, 3.63) is 89.5 Å². The van der Waals surface area contributed by atoms with Gasteiger partial charge < -0.3 is 19.6 Å². The number of nitrogens with zero attached hydrogens (tertiary/aromatic N) is 2. The van der Waals surface area contributed by atoms with E-state index in [2.05, 4.69) is 35.5 Å². The molecular weight excluding hydrogens is 509 g/mol. The SMILES string of the molecule is C=C(N=C(OC)C(C)C)c1ccc(CC(CC)C(=C)O/N=C(\C)c2ccc(C(=O)NC(C)COC)c(F)c2)cc1. The van der Waals surface area contributed by atoms with Crippen LogP contribution in [0.25, 0.3) is 5.70 Å². The lowest BCUT2D eigenvalue weighted by Gasteiger charge is -2.16. The van der Waals surface area contributed by atoms with Crippen LogP contribution in [0.4, 0.5) is 4.39 Å². The van der Waals surface area contributed by atoms with Crippen LogP contribution in [0.1, 0.15) is 68.1 Å². The van der Waals surface area contributed by atoms with Crippen LogP contribution in [0.3, 0.4) is 0 Å². The van der Waals surface area contributed by atoms with Gasteiger partial charge in [-0.25, -0.2) is 9.38 Å². The molecular formula is C32H42FN3O4. The van der Waals surface area contributed by atoms with Crippen molar-refractivity contribution in [2.24, 2.45) is 22.0 Å². The molecule has 0 aliphatic carbocycles. The second-order valence-corrected chi connectivity index (χ2v) is 10.0. The second kappa shape index (κ2) is 15.7. The number of benzene rings is 2. The standard InChI is InChI=1S/C32H42FN3O4/c1-10-26(17-25-11-13-27(14-12-25)22(5)35-32(39-9)20(2)3)24(7)40-36-23(6)28-15-16-29(30(33)18-28)31(37)34-21(4)19-38-8/h11-16,18,20-21,26H,5,7,10,17,19H2,1-4,6,8-9H3,(H,34,37)/b35-32?,36-23+. The van der Waals surface area contributed by atoms with Gasteiger partial charge in [-0.3, -0.25) is 4.79 Å². The van der Waals surface area contributed by atoms with E-state index in [1.807, 2.05) is 38.1 Å². The summed E-state index contributed by atoms with van der Waals surface area (Å²) in [6.45, 7) is 18.1. The zero-order chi connectivity index (χ0) is 29.8. The maximum Gasteiger partial charge on any atom is 0.254 e. The summed E-state index contributed by atoms with van der Waals surface area (Å²) in [5, 5.41) is 6.88. The lowest BCUT2D eigenvalue weighted by atomic mass is 9.95. The van der Waals surface area contributed by atoms with E-state index in [0.717, 1.165) is 24.0 Å². The first-order valence-corrected chi connectivity index (χ1v) is 13.4. The first-order valence-electron chi connectivity index (χ1n) is 13.4. The summed E-state index contributed by atoms with van der Waals surface area (Å²) < 4.78 is 25.0. The Hall–Kier alpha value is -3.78. The number of nitrogens with one attached hydrogen (secondary N) is 1. The lowest BCUT2D eigenvalue weighted by molar-refractivity contribution is 0.0901. The third kappa shape index (κ3) is 9.45. The van der Waals surface area contributed by atoms with E-state index in [-0.39, 0.29) is 23.4 Å². The summed E-state index contributed by atoms with van der Waals surface area (Å²) in [6, 6.07) is 12.2. The van der Waals surface area contributed by atoms with E-state index in [4.69, 9.17) is 14.3 Å². The van der Waals surface area contributed by atoms with Crippen LogP contribution < -0.4 is 5.32 Å². The van der Waals surface area contributed by atoms with Gasteiger partial charge in [0, 0.05) is 30.6 Å². The zero-order valence-electron chi connectivity index (χ0n) is 24.7. The second-order valence-electron chi connectivity index (χ2n) is 10.0. The average molecular weight is 552 g/mol. The van der Waals surface area contributed by atoms with E-state index < -0.39 is 11.7 Å². The molecule has 8 heteroatoms. The molecule has 0 aromatic heterocycles. The molecule has 0 bridgehead atoms. The first-order chi connectivity index (χ1) is 19.0. The van der Waals surface area contributed by atoms with Gasteiger partial charge >= 0.3 is 0 Å². The van der Waals surface area contributed by atoms with Gasteiger partial charge in [0.1, 0.15) is 11.6 Å². The highest BCUT2D eigenvalue weighted by atomic mass is 19.1. The van der Waals surface area contributed by atoms with Gasteiger partial charge in [0.05, 0.1) is 30.7 Å². The molecule has 0 spiro atoms. The van der Waals surface area contributed by atoms with Crippen LogP contribution in [0.5, 0.6) is 0 Å². The van der Waals surface area contributed by atoms with Gasteiger partial charge in [0.2, 0.25) is 0 Å². The fraction of sp³-hybridized carbons (Fsp3) is 0.406. The van der Waals surface area contributed by atoms with Crippen molar-refractivity contribution < 1.29 is 23.5 Å². The van der Waals surface area contributed by atoms with E-state index in [0.29, 0.717) is 35.2 Å². The maximum absolute atomic E-state index is 14.7. The minimum Gasteiger partial charge on any atom is -0.484 e. The van der Waals surface area contributed by atoms with Crippen molar-refractivity contribution in [2.45, 2.75) is 53.5 Å². The summed E-state index contributed by atoms with van der Waals surface area (Å²) in [4.78, 5) is 22.5. The van der Waals surface area contributed by atoms with Gasteiger partial charge in [0.15, 0.2) is 5.90 Å². The molecule has 0 saturated carbocycles. The Morgan fingerprint density at radius 2 is 1.70 bits per heavy atom. The first kappa shape index (κ1) is 32.4. The number of methoxy groups -OCH3 is 2. The van der Waals surface area contributed by atoms with Crippen molar-refractivity contribution in [3.63, 3.8) is 0 Å². The largest absolute Gasteiger partial charge is 0.484 e. The van der Waals surface area contributed by atoms with Crippen molar-refractivity contribution in [3.8, 4) is 0 Å². The van der Waals surface area contributed by atoms with Crippen LogP contribution in [-0.4, -0.2) is 44.4 Å². The molecule has 2 aromatic carbocycles. The summed E-state index contributed by atoms with van der Waals surface area (Å²) in [5.74, 6) is 0.217. The molecule has 1 N–H and O–H groups in total. The number of halogens is 1. The number of amides is 1. The van der Waals surface area contributed by atoms with Crippen molar-refractivity contribution in [1.29, 1.82) is 0 Å². The van der Waals surface area contributed by atoms with Crippen molar-refractivity contribution in [2.75, 3.05) is 20.8 Å². The molecule has 0 heterocycles. The Morgan fingerprint density at radius 3 is 2.25 bits per heavy atom. The molecule has 2 unspecified atom stereocenters. The molecule has 7 nitrogen and oxygen atoms in total. The molecule has 0 radical (unpaired) electrons. The number of hydrogen-bond acceptors (Lipinski definition) is 6. The van der Waals surface area contributed by atoms with E-state index in [1.54, 1.807) is 27.0 Å². The van der Waals surface area contributed by atoms with Crippen LogP contribution in [0.2, 0.25) is 0 Å². The molecule has 0 saturated heterocycles. The van der Waals surface area contributed by atoms with Gasteiger partial charge in [-0.05, 0) is 49.9 Å². The quantitative estimate of drug-likeness (QED) is 0.121. The summed E-state index contributed by atoms with van der Waals surface area (Å²) in [6.07, 6.45) is 1.52. The van der Waals surface area contributed by atoms with Gasteiger partial charge in [-0.15, -0.1) is 0 Å². The molecule has 2 atom stereocenters. The normalized spacial score (nSPS) is 13.5. The van der Waals surface area contributed by atoms with Crippen molar-refractivity contribution in [1.82, 2.24) is 5.32 Å². The lowest BCUT2D eigenvalue weighted by Crippen LogP contribution is -2.36. The topological polar surface area (TPSA) is 81.5 Å². The molecule has 0 aliphatic heterocycles. The average Bonchev–Trinajstić information content (AvgIpc) is 2.92. The Morgan fingerprint density at radius 1 is 1.05 bits per heavy atom. The Balaban J connectivity index is 2.03. The molecule has 40 heavy (non-hydrogen) atoms. The summed E-state index contributed by atoms with van der Waals surface area (Å²) in [5.41, 5.74) is 3.61. The number of allylic oxidation sites excluding steroid dienone is 1. The van der Waals surface area contributed by atoms with E-state index in [1.165, 1.54) is 19.2 Å². The number of hydrogen-bond donors (Lipinski definition) is 1. The van der Waals surface area contributed by atoms with E-state index in [9.17, 15) is 9.18 Å². The highest BCUT2D eigenvalue weighted by Crippen LogP contribution is 2.23. The number of aliphatic imine (C=N–C) groups is 1. The smallest absolute Gasteiger partial charge is 0.254 e. The molecule has 216 valence electrons. The highest BCUT2D eigenvalue weighted by molar-refractivity contribution is 6.00. The number of carbonyl (C=O) groups excluding carboxylic acids is 1. The Bertz CT molecular complexity index is 1240. The number of ether oxygens (including phenoxy) is 2. The Labute approximate surface area is 237 Å². The third-order valence-corrected chi connectivity index (χ3v) is 6.39. The maximum atomic E-state index is 14.7. The Kier molecular flexibility index (Phi) is 12.7. The van der Waals surface area contributed by atoms with Gasteiger partial charge in [-0.1, -0.05) is 69.4 Å². The molecule has 2 aromatic rings. The minimum atomic E-state index is -0.640. The monoisotopic (exact) mass is 551 g/mol. The van der Waals surface area contributed by atoms with Crippen LogP contribution in [0.15, 0.2) is 71.5 Å².